The Labute approximate surface area is 98.5 Å². The van der Waals surface area contributed by atoms with Gasteiger partial charge in [0.25, 0.3) is 5.89 Å². The van der Waals surface area contributed by atoms with Gasteiger partial charge in [-0.3, -0.25) is 4.98 Å². The van der Waals surface area contributed by atoms with Crippen LogP contribution in [0.15, 0.2) is 23.1 Å². The molecule has 1 N–H and O–H groups in total. The van der Waals surface area contributed by atoms with Gasteiger partial charge in [-0.1, -0.05) is 5.16 Å². The highest BCUT2D eigenvalue weighted by molar-refractivity contribution is 5.43. The van der Waals surface area contributed by atoms with Crippen molar-refractivity contribution in [2.45, 2.75) is 18.8 Å². The lowest BCUT2D eigenvalue weighted by atomic mass is 9.99. The van der Waals surface area contributed by atoms with Crippen LogP contribution in [-0.4, -0.2) is 33.2 Å². The van der Waals surface area contributed by atoms with E-state index >= 15 is 0 Å². The van der Waals surface area contributed by atoms with E-state index < -0.39 is 0 Å². The molecule has 6 heteroatoms. The van der Waals surface area contributed by atoms with Crippen LogP contribution in [0.2, 0.25) is 0 Å². The third kappa shape index (κ3) is 2.16. The normalized spacial score (nSPS) is 20.4. The minimum Gasteiger partial charge on any atom is -0.332 e. The molecule has 0 radical (unpaired) electrons. The van der Waals surface area contributed by atoms with Crippen molar-refractivity contribution in [1.82, 2.24) is 25.4 Å². The van der Waals surface area contributed by atoms with Crippen molar-refractivity contribution in [2.75, 3.05) is 13.1 Å². The molecule has 3 heterocycles. The first kappa shape index (κ1) is 10.3. The number of hydrogen-bond donors (Lipinski definition) is 1. The molecule has 17 heavy (non-hydrogen) atoms. The Balaban J connectivity index is 1.83. The summed E-state index contributed by atoms with van der Waals surface area (Å²) in [5.41, 5.74) is 0.620. The third-order valence-electron chi connectivity index (χ3n) is 2.89. The summed E-state index contributed by atoms with van der Waals surface area (Å²) in [6, 6.07) is 0. The van der Waals surface area contributed by atoms with Gasteiger partial charge in [-0.25, -0.2) is 4.98 Å². The molecule has 6 nitrogen and oxygen atoms in total. The molecule has 0 aromatic carbocycles. The van der Waals surface area contributed by atoms with Crippen molar-refractivity contribution in [1.29, 1.82) is 0 Å². The molecule has 1 atom stereocenters. The molecule has 1 unspecified atom stereocenters. The van der Waals surface area contributed by atoms with Crippen LogP contribution in [0.1, 0.15) is 24.6 Å². The fraction of sp³-hybridized carbons (Fsp3) is 0.455. The Kier molecular flexibility index (Phi) is 2.79. The fourth-order valence-electron chi connectivity index (χ4n) is 1.99. The zero-order valence-electron chi connectivity index (χ0n) is 9.33. The number of piperidine rings is 1. The second-order valence-electron chi connectivity index (χ2n) is 4.09. The van der Waals surface area contributed by atoms with Gasteiger partial charge in [-0.15, -0.1) is 0 Å². The molecule has 0 amide bonds. The summed E-state index contributed by atoms with van der Waals surface area (Å²) in [5, 5.41) is 7.36. The summed E-state index contributed by atoms with van der Waals surface area (Å²) < 4.78 is 5.21. The van der Waals surface area contributed by atoms with E-state index in [-0.39, 0.29) is 0 Å². The Morgan fingerprint density at radius 1 is 1.35 bits per heavy atom. The van der Waals surface area contributed by atoms with Crippen molar-refractivity contribution in [3.8, 4) is 11.6 Å². The minimum atomic E-state index is 0.345. The average Bonchev–Trinajstić information content (AvgIpc) is 2.90. The van der Waals surface area contributed by atoms with Crippen LogP contribution in [-0.2, 0) is 0 Å². The Morgan fingerprint density at radius 2 is 2.35 bits per heavy atom. The highest BCUT2D eigenvalue weighted by Gasteiger charge is 2.21. The van der Waals surface area contributed by atoms with Crippen molar-refractivity contribution in [2.24, 2.45) is 0 Å². The number of rotatable bonds is 2. The lowest BCUT2D eigenvalue weighted by Crippen LogP contribution is -2.28. The molecule has 2 aromatic rings. The topological polar surface area (TPSA) is 76.7 Å². The van der Waals surface area contributed by atoms with E-state index in [9.17, 15) is 0 Å². The highest BCUT2D eigenvalue weighted by atomic mass is 16.5. The number of aromatic nitrogens is 4. The van der Waals surface area contributed by atoms with Crippen LogP contribution >= 0.6 is 0 Å². The van der Waals surface area contributed by atoms with Gasteiger partial charge in [0.2, 0.25) is 0 Å². The number of nitrogens with one attached hydrogen (secondary N) is 1. The first-order valence-electron chi connectivity index (χ1n) is 5.74. The molecule has 1 aliphatic heterocycles. The quantitative estimate of drug-likeness (QED) is 0.830. The predicted molar refractivity (Wildman–Crippen MR) is 60.2 cm³/mol. The van der Waals surface area contributed by atoms with E-state index in [1.807, 2.05) is 0 Å². The van der Waals surface area contributed by atoms with Gasteiger partial charge >= 0.3 is 0 Å². The molecule has 1 aliphatic rings. The standard InChI is InChI=1S/C11H13N5O/c1-2-8(6-12-3-1)10-15-11(17-16-10)9-7-13-4-5-14-9/h4-5,7-8,12H,1-3,6H2. The Bertz CT molecular complexity index is 478. The molecule has 0 aliphatic carbocycles. The van der Waals surface area contributed by atoms with Gasteiger partial charge in [0.05, 0.1) is 6.20 Å². The van der Waals surface area contributed by atoms with Crippen LogP contribution in [0, 0.1) is 0 Å². The minimum absolute atomic E-state index is 0.345. The predicted octanol–water partition coefficient (Wildman–Crippen LogP) is 0.994. The van der Waals surface area contributed by atoms with Crippen LogP contribution in [0.5, 0.6) is 0 Å². The lowest BCUT2D eigenvalue weighted by Gasteiger charge is -2.19. The van der Waals surface area contributed by atoms with Crippen molar-refractivity contribution in [3.63, 3.8) is 0 Å². The fourth-order valence-corrected chi connectivity index (χ4v) is 1.99. The van der Waals surface area contributed by atoms with E-state index in [0.29, 0.717) is 17.5 Å². The maximum Gasteiger partial charge on any atom is 0.278 e. The monoisotopic (exact) mass is 231 g/mol. The summed E-state index contributed by atoms with van der Waals surface area (Å²) in [5.74, 6) is 1.55. The first-order valence-corrected chi connectivity index (χ1v) is 5.74. The van der Waals surface area contributed by atoms with E-state index in [2.05, 4.69) is 25.4 Å². The summed E-state index contributed by atoms with van der Waals surface area (Å²) >= 11 is 0. The molecule has 2 aromatic heterocycles. The van der Waals surface area contributed by atoms with Gasteiger partial charge in [-0.2, -0.15) is 4.98 Å². The van der Waals surface area contributed by atoms with Crippen molar-refractivity contribution >= 4 is 0 Å². The molecule has 1 saturated heterocycles. The van der Waals surface area contributed by atoms with Gasteiger partial charge in [-0.05, 0) is 19.4 Å². The van der Waals surface area contributed by atoms with Crippen LogP contribution < -0.4 is 5.32 Å². The van der Waals surface area contributed by atoms with Gasteiger partial charge in [0, 0.05) is 24.9 Å². The summed E-state index contributed by atoms with van der Waals surface area (Å²) in [6.07, 6.45) is 7.11. The smallest absolute Gasteiger partial charge is 0.278 e. The molecule has 0 bridgehead atoms. The summed E-state index contributed by atoms with van der Waals surface area (Å²) in [7, 11) is 0. The zero-order chi connectivity index (χ0) is 11.5. The molecule has 3 rings (SSSR count). The maximum absolute atomic E-state index is 5.21. The molecule has 1 fully saturated rings. The SMILES string of the molecule is c1cnc(-c2nc(C3CCCNC3)no2)cn1. The molecule has 0 saturated carbocycles. The first-order chi connectivity index (χ1) is 8.43. The van der Waals surface area contributed by atoms with Gasteiger partial charge < -0.3 is 9.84 Å². The van der Waals surface area contributed by atoms with E-state index in [0.717, 1.165) is 31.8 Å². The Morgan fingerprint density at radius 3 is 3.12 bits per heavy atom. The number of hydrogen-bond acceptors (Lipinski definition) is 6. The number of nitrogens with zero attached hydrogens (tertiary/aromatic N) is 4. The highest BCUT2D eigenvalue weighted by Crippen LogP contribution is 2.22. The Hall–Kier alpha value is -1.82. The molecule has 88 valence electrons. The average molecular weight is 231 g/mol. The molecular formula is C11H13N5O. The summed E-state index contributed by atoms with van der Waals surface area (Å²) in [6.45, 7) is 1.99. The summed E-state index contributed by atoms with van der Waals surface area (Å²) in [4.78, 5) is 12.5. The van der Waals surface area contributed by atoms with Crippen molar-refractivity contribution in [3.05, 3.63) is 24.4 Å². The van der Waals surface area contributed by atoms with Gasteiger partial charge in [0.1, 0.15) is 5.69 Å². The zero-order valence-corrected chi connectivity index (χ0v) is 9.33. The van der Waals surface area contributed by atoms with Crippen LogP contribution in [0.4, 0.5) is 0 Å². The van der Waals surface area contributed by atoms with E-state index in [4.69, 9.17) is 4.52 Å². The van der Waals surface area contributed by atoms with Crippen LogP contribution in [0.25, 0.3) is 11.6 Å². The van der Waals surface area contributed by atoms with Crippen molar-refractivity contribution < 1.29 is 4.52 Å². The largest absolute Gasteiger partial charge is 0.332 e. The van der Waals surface area contributed by atoms with Crippen LogP contribution in [0.3, 0.4) is 0 Å². The van der Waals surface area contributed by atoms with Gasteiger partial charge in [0.15, 0.2) is 5.82 Å². The molecule has 0 spiro atoms. The second-order valence-corrected chi connectivity index (χ2v) is 4.09. The second kappa shape index (κ2) is 4.58. The molecular weight excluding hydrogens is 218 g/mol. The lowest BCUT2D eigenvalue weighted by molar-refractivity contribution is 0.392. The van der Waals surface area contributed by atoms with E-state index in [1.165, 1.54) is 0 Å². The van der Waals surface area contributed by atoms with E-state index in [1.54, 1.807) is 18.6 Å². The third-order valence-corrected chi connectivity index (χ3v) is 2.89. The maximum atomic E-state index is 5.21.